The topological polar surface area (TPSA) is 46.6 Å². The van der Waals surface area contributed by atoms with Crippen LogP contribution >= 0.6 is 0 Å². The minimum absolute atomic E-state index is 0.285. The number of carbonyl (C=O) groups excluding carboxylic acids is 2. The molecule has 0 heterocycles. The van der Waals surface area contributed by atoms with Gasteiger partial charge in [-0.1, -0.05) is 90.1 Å². The number of nitrogens with zero attached hydrogens (tertiary/aromatic N) is 1. The Morgan fingerprint density at radius 2 is 1.48 bits per heavy atom. The number of amides is 1. The Morgan fingerprint density at radius 3 is 2.00 bits per heavy atom. The molecule has 5 heteroatoms. The van der Waals surface area contributed by atoms with Crippen molar-refractivity contribution in [3.8, 4) is 0 Å². The van der Waals surface area contributed by atoms with Gasteiger partial charge in [0.05, 0.1) is 6.54 Å². The first kappa shape index (κ1) is 24.9. The summed E-state index contributed by atoms with van der Waals surface area (Å²) in [6.45, 7) is 15.8. The molecule has 2 aromatic rings. The third-order valence-electron chi connectivity index (χ3n) is 6.37. The third kappa shape index (κ3) is 5.64. The van der Waals surface area contributed by atoms with Gasteiger partial charge in [-0.25, -0.2) is 4.79 Å². The zero-order valence-corrected chi connectivity index (χ0v) is 21.0. The first-order valence-corrected chi connectivity index (χ1v) is 13.3. The molecule has 0 fully saturated rings. The summed E-state index contributed by atoms with van der Waals surface area (Å²) in [6, 6.07) is 15.6. The van der Waals surface area contributed by atoms with Crippen molar-refractivity contribution in [3.63, 3.8) is 0 Å². The van der Waals surface area contributed by atoms with E-state index >= 15 is 0 Å². The molecule has 0 aromatic heterocycles. The molecule has 0 saturated carbocycles. The van der Waals surface area contributed by atoms with E-state index in [-0.39, 0.29) is 6.09 Å². The molecular weight excluding hydrogens is 402 g/mol. The second-order valence-electron chi connectivity index (χ2n) is 9.29. The largest absolute Gasteiger partial charge is 0.503 e. The van der Waals surface area contributed by atoms with E-state index < -0.39 is 8.32 Å². The lowest BCUT2D eigenvalue weighted by atomic mass is 10.0. The molecule has 0 aliphatic carbocycles. The molecule has 0 unspecified atom stereocenters. The molecular formula is C26H37NO3Si. The fourth-order valence-electron chi connectivity index (χ4n) is 4.80. The lowest BCUT2D eigenvalue weighted by molar-refractivity contribution is 0.111. The Labute approximate surface area is 188 Å². The van der Waals surface area contributed by atoms with Crippen molar-refractivity contribution in [2.45, 2.75) is 78.2 Å². The summed E-state index contributed by atoms with van der Waals surface area (Å²) in [5, 5.41) is 0. The van der Waals surface area contributed by atoms with Crippen LogP contribution < -0.4 is 0 Å². The van der Waals surface area contributed by atoms with E-state index in [0.717, 1.165) is 23.0 Å². The summed E-state index contributed by atoms with van der Waals surface area (Å²) >= 11 is 0. The molecule has 0 atom stereocenters. The summed E-state index contributed by atoms with van der Waals surface area (Å²) in [6.07, 6.45) is 0.579. The molecule has 0 aliphatic rings. The van der Waals surface area contributed by atoms with Crippen LogP contribution in [-0.2, 0) is 17.5 Å². The molecule has 0 radical (unpaired) electrons. The summed E-state index contributed by atoms with van der Waals surface area (Å²) in [5.41, 5.74) is 4.43. The van der Waals surface area contributed by atoms with Gasteiger partial charge in [0.1, 0.15) is 6.29 Å². The van der Waals surface area contributed by atoms with Gasteiger partial charge in [-0.3, -0.25) is 4.79 Å². The Hall–Kier alpha value is -2.40. The van der Waals surface area contributed by atoms with Gasteiger partial charge in [0.25, 0.3) is 8.32 Å². The van der Waals surface area contributed by atoms with Crippen molar-refractivity contribution in [1.29, 1.82) is 0 Å². The van der Waals surface area contributed by atoms with E-state index in [1.807, 2.05) is 49.4 Å². The molecule has 0 N–H and O–H groups in total. The molecule has 2 aromatic carbocycles. The summed E-state index contributed by atoms with van der Waals surface area (Å²) in [5.74, 6) is 0. The highest BCUT2D eigenvalue weighted by Crippen LogP contribution is 2.42. The van der Waals surface area contributed by atoms with Crippen LogP contribution in [0.5, 0.6) is 0 Å². The lowest BCUT2D eigenvalue weighted by Gasteiger charge is -2.42. The Bertz CT molecular complexity index is 856. The first-order valence-electron chi connectivity index (χ1n) is 11.2. The van der Waals surface area contributed by atoms with E-state index in [4.69, 9.17) is 4.43 Å². The van der Waals surface area contributed by atoms with Crippen LogP contribution in [0.3, 0.4) is 0 Å². The van der Waals surface area contributed by atoms with E-state index in [1.54, 1.807) is 11.0 Å². The van der Waals surface area contributed by atoms with Crippen LogP contribution in [-0.4, -0.2) is 25.6 Å². The van der Waals surface area contributed by atoms with Gasteiger partial charge in [-0.05, 0) is 40.2 Å². The summed E-state index contributed by atoms with van der Waals surface area (Å²) in [7, 11) is -2.38. The van der Waals surface area contributed by atoms with E-state index in [2.05, 4.69) is 41.5 Å². The minimum atomic E-state index is -2.38. The number of hydrogen-bond donors (Lipinski definition) is 0. The Kier molecular flexibility index (Phi) is 8.63. The fraction of sp³-hybridized carbons (Fsp3) is 0.462. The van der Waals surface area contributed by atoms with Gasteiger partial charge in [0, 0.05) is 12.1 Å². The maximum absolute atomic E-state index is 13.6. The van der Waals surface area contributed by atoms with Crippen molar-refractivity contribution in [2.75, 3.05) is 0 Å². The monoisotopic (exact) mass is 439 g/mol. The quantitative estimate of drug-likeness (QED) is 0.308. The molecule has 2 rings (SSSR count). The summed E-state index contributed by atoms with van der Waals surface area (Å²) < 4.78 is 6.48. The lowest BCUT2D eigenvalue weighted by Crippen LogP contribution is -2.51. The first-order chi connectivity index (χ1) is 14.6. The van der Waals surface area contributed by atoms with E-state index in [0.29, 0.717) is 35.3 Å². The van der Waals surface area contributed by atoms with E-state index in [9.17, 15) is 9.59 Å². The second-order valence-corrected chi connectivity index (χ2v) is 14.7. The van der Waals surface area contributed by atoms with Crippen LogP contribution in [0.25, 0.3) is 0 Å². The number of rotatable bonds is 9. The molecule has 0 saturated heterocycles. The zero-order chi connectivity index (χ0) is 23.2. The van der Waals surface area contributed by atoms with Crippen molar-refractivity contribution in [2.24, 2.45) is 0 Å². The highest BCUT2D eigenvalue weighted by Gasteiger charge is 2.49. The maximum Gasteiger partial charge on any atom is 0.396 e. The van der Waals surface area contributed by atoms with Crippen LogP contribution in [0.2, 0.25) is 16.6 Å². The number of benzene rings is 2. The van der Waals surface area contributed by atoms with Gasteiger partial charge in [0.15, 0.2) is 0 Å². The molecule has 168 valence electrons. The van der Waals surface area contributed by atoms with Crippen molar-refractivity contribution >= 4 is 20.7 Å². The van der Waals surface area contributed by atoms with Gasteiger partial charge < -0.3 is 9.33 Å². The predicted molar refractivity (Wildman–Crippen MR) is 130 cm³/mol. The van der Waals surface area contributed by atoms with Crippen LogP contribution in [0.1, 0.15) is 68.6 Å². The minimum Gasteiger partial charge on any atom is -0.503 e. The average Bonchev–Trinajstić information content (AvgIpc) is 2.72. The maximum atomic E-state index is 13.6. The van der Waals surface area contributed by atoms with Gasteiger partial charge >= 0.3 is 6.09 Å². The number of hydrogen-bond acceptors (Lipinski definition) is 3. The van der Waals surface area contributed by atoms with Crippen LogP contribution in [0.4, 0.5) is 4.79 Å². The van der Waals surface area contributed by atoms with Crippen LogP contribution in [0, 0.1) is 6.92 Å². The van der Waals surface area contributed by atoms with Crippen molar-refractivity contribution in [1.82, 2.24) is 4.90 Å². The standard InChI is InChI=1S/C26H37NO3Si/c1-19(2)31(20(3)4,21(5)6)30-26(29)27(16-23-13-9-8-10-14-23)17-25-22(7)12-11-15-24(25)18-28/h8-15,18-21H,16-17H2,1-7H3. The van der Waals surface area contributed by atoms with Gasteiger partial charge in [-0.2, -0.15) is 0 Å². The SMILES string of the molecule is Cc1cccc(C=O)c1CN(Cc1ccccc1)C(=O)O[Si](C(C)C)(C(C)C)C(C)C. The normalized spacial score (nSPS) is 11.8. The molecule has 31 heavy (non-hydrogen) atoms. The molecule has 0 bridgehead atoms. The fourth-order valence-corrected chi connectivity index (χ4v) is 9.94. The Morgan fingerprint density at radius 1 is 0.903 bits per heavy atom. The number of aldehydes is 1. The molecule has 1 amide bonds. The van der Waals surface area contributed by atoms with Crippen molar-refractivity contribution in [3.05, 3.63) is 70.8 Å². The van der Waals surface area contributed by atoms with E-state index in [1.165, 1.54) is 0 Å². The van der Waals surface area contributed by atoms with Crippen molar-refractivity contribution < 1.29 is 14.0 Å². The highest BCUT2D eigenvalue weighted by atomic mass is 28.4. The smallest absolute Gasteiger partial charge is 0.396 e. The zero-order valence-electron chi connectivity index (χ0n) is 20.0. The molecule has 0 aliphatic heterocycles. The summed E-state index contributed by atoms with van der Waals surface area (Å²) in [4.78, 5) is 27.0. The Balaban J connectivity index is 2.45. The van der Waals surface area contributed by atoms with Gasteiger partial charge in [0.2, 0.25) is 0 Å². The average molecular weight is 440 g/mol. The highest BCUT2D eigenvalue weighted by molar-refractivity contribution is 6.78. The predicted octanol–water partition coefficient (Wildman–Crippen LogP) is 7.12. The van der Waals surface area contributed by atoms with Crippen LogP contribution in [0.15, 0.2) is 48.5 Å². The third-order valence-corrected chi connectivity index (χ3v) is 12.3. The number of carbonyl (C=O) groups is 2. The van der Waals surface area contributed by atoms with Gasteiger partial charge in [-0.15, -0.1) is 0 Å². The number of aryl methyl sites for hydroxylation is 1. The molecule has 0 spiro atoms. The second kappa shape index (κ2) is 10.8. The molecule has 4 nitrogen and oxygen atoms in total.